The number of thiazole rings is 1. The van der Waals surface area contributed by atoms with Crippen molar-refractivity contribution >= 4 is 16.5 Å². The van der Waals surface area contributed by atoms with E-state index in [4.69, 9.17) is 4.98 Å². The van der Waals surface area contributed by atoms with Crippen molar-refractivity contribution in [2.75, 3.05) is 18.5 Å². The maximum absolute atomic E-state index is 4.76. The summed E-state index contributed by atoms with van der Waals surface area (Å²) >= 11 is 1.85. The third-order valence-electron chi connectivity index (χ3n) is 3.90. The summed E-state index contributed by atoms with van der Waals surface area (Å²) in [6.07, 6.45) is 5.40. The second-order valence-electron chi connectivity index (χ2n) is 5.27. The van der Waals surface area contributed by atoms with Gasteiger partial charge in [0.05, 0.1) is 5.69 Å². The number of aromatic nitrogens is 1. The second-order valence-corrected chi connectivity index (χ2v) is 6.28. The molecule has 4 heteroatoms. The lowest BCUT2D eigenvalue weighted by atomic mass is 10.2. The minimum absolute atomic E-state index is 0.415. The maximum Gasteiger partial charge on any atom is 0.185 e. The van der Waals surface area contributed by atoms with Gasteiger partial charge in [0, 0.05) is 24.0 Å². The first-order valence-corrected chi connectivity index (χ1v) is 7.88. The Morgan fingerprint density at radius 2 is 2.11 bits per heavy atom. The van der Waals surface area contributed by atoms with Gasteiger partial charge in [0.2, 0.25) is 0 Å². The average molecular weight is 267 g/mol. The van der Waals surface area contributed by atoms with Crippen LogP contribution < -0.4 is 10.2 Å². The van der Waals surface area contributed by atoms with Gasteiger partial charge in [-0.2, -0.15) is 0 Å². The molecule has 0 aliphatic heterocycles. The van der Waals surface area contributed by atoms with E-state index < -0.39 is 0 Å². The third-order valence-corrected chi connectivity index (χ3v) is 5.33. The number of nitrogens with zero attached hydrogens (tertiary/aromatic N) is 2. The van der Waals surface area contributed by atoms with Gasteiger partial charge in [-0.15, -0.1) is 11.3 Å². The number of hydrogen-bond donors (Lipinski definition) is 1. The zero-order valence-corrected chi connectivity index (χ0v) is 12.8. The number of nitrogens with one attached hydrogen (secondary N) is 1. The van der Waals surface area contributed by atoms with Crippen LogP contribution in [0.15, 0.2) is 0 Å². The van der Waals surface area contributed by atoms with E-state index in [1.807, 2.05) is 11.3 Å². The molecule has 0 spiro atoms. The first-order chi connectivity index (χ1) is 8.63. The minimum atomic E-state index is 0.415. The molecule has 102 valence electrons. The Kier molecular flexibility index (Phi) is 4.62. The van der Waals surface area contributed by atoms with Crippen molar-refractivity contribution in [1.29, 1.82) is 0 Å². The lowest BCUT2D eigenvalue weighted by Gasteiger charge is -2.23. The van der Waals surface area contributed by atoms with E-state index in [1.54, 1.807) is 0 Å². The van der Waals surface area contributed by atoms with Crippen molar-refractivity contribution in [1.82, 2.24) is 10.3 Å². The van der Waals surface area contributed by atoms with Crippen LogP contribution >= 0.6 is 11.3 Å². The molecule has 18 heavy (non-hydrogen) atoms. The molecule has 1 aromatic rings. The lowest BCUT2D eigenvalue weighted by Crippen LogP contribution is -2.28. The van der Waals surface area contributed by atoms with Crippen LogP contribution in [0.4, 0.5) is 5.13 Å². The molecule has 0 saturated heterocycles. The minimum Gasteiger partial charge on any atom is -0.348 e. The molecular formula is C14H25N3S. The Hall–Kier alpha value is -0.610. The summed E-state index contributed by atoms with van der Waals surface area (Å²) in [5.41, 5.74) is 1.19. The van der Waals surface area contributed by atoms with E-state index in [2.05, 4.69) is 38.0 Å². The van der Waals surface area contributed by atoms with Crippen LogP contribution in [-0.2, 0) is 0 Å². The Balaban J connectivity index is 2.12. The summed E-state index contributed by atoms with van der Waals surface area (Å²) in [4.78, 5) is 8.54. The van der Waals surface area contributed by atoms with Gasteiger partial charge in [-0.1, -0.05) is 19.8 Å². The Morgan fingerprint density at radius 3 is 2.72 bits per heavy atom. The Labute approximate surface area is 115 Å². The zero-order chi connectivity index (χ0) is 13.1. The Morgan fingerprint density at radius 1 is 1.44 bits per heavy atom. The predicted octanol–water partition coefficient (Wildman–Crippen LogP) is 3.50. The van der Waals surface area contributed by atoms with Crippen molar-refractivity contribution in [2.45, 2.75) is 58.5 Å². The maximum atomic E-state index is 4.76. The highest BCUT2D eigenvalue weighted by Crippen LogP contribution is 2.33. The molecule has 3 nitrogen and oxygen atoms in total. The summed E-state index contributed by atoms with van der Waals surface area (Å²) in [6, 6.07) is 1.12. The molecule has 0 aromatic carbocycles. The lowest BCUT2D eigenvalue weighted by molar-refractivity contribution is 0.603. The molecule has 0 radical (unpaired) electrons. The zero-order valence-electron chi connectivity index (χ0n) is 12.0. The van der Waals surface area contributed by atoms with E-state index in [-0.39, 0.29) is 0 Å². The van der Waals surface area contributed by atoms with Gasteiger partial charge in [-0.25, -0.2) is 4.98 Å². The molecule has 0 amide bonds. The highest BCUT2D eigenvalue weighted by Gasteiger charge is 2.23. The van der Waals surface area contributed by atoms with Crippen LogP contribution in [0.2, 0.25) is 0 Å². The molecule has 1 saturated carbocycles. The van der Waals surface area contributed by atoms with E-state index in [1.165, 1.54) is 41.4 Å². The Bertz CT molecular complexity index is 382. The van der Waals surface area contributed by atoms with Gasteiger partial charge < -0.3 is 10.2 Å². The first kappa shape index (κ1) is 13.8. The van der Waals surface area contributed by atoms with Crippen molar-refractivity contribution in [3.63, 3.8) is 0 Å². The van der Waals surface area contributed by atoms with Gasteiger partial charge in [0.1, 0.15) is 0 Å². The predicted molar refractivity (Wildman–Crippen MR) is 79.6 cm³/mol. The van der Waals surface area contributed by atoms with Crippen LogP contribution in [0.3, 0.4) is 0 Å². The number of hydrogen-bond acceptors (Lipinski definition) is 4. The fourth-order valence-corrected chi connectivity index (χ4v) is 3.92. The van der Waals surface area contributed by atoms with E-state index in [0.717, 1.165) is 6.54 Å². The van der Waals surface area contributed by atoms with E-state index >= 15 is 0 Å². The molecule has 2 rings (SSSR count). The largest absolute Gasteiger partial charge is 0.348 e. The number of aryl methyl sites for hydroxylation is 1. The molecule has 0 bridgehead atoms. The quantitative estimate of drug-likeness (QED) is 0.885. The molecule has 1 unspecified atom stereocenters. The fourth-order valence-electron chi connectivity index (χ4n) is 2.79. The summed E-state index contributed by atoms with van der Waals surface area (Å²) in [6.45, 7) is 7.51. The molecule has 1 aliphatic rings. The summed E-state index contributed by atoms with van der Waals surface area (Å²) < 4.78 is 0. The smallest absolute Gasteiger partial charge is 0.185 e. The summed E-state index contributed by atoms with van der Waals surface area (Å²) in [5.74, 6) is 0. The van der Waals surface area contributed by atoms with Crippen LogP contribution in [0, 0.1) is 6.92 Å². The van der Waals surface area contributed by atoms with Crippen LogP contribution in [0.25, 0.3) is 0 Å². The molecular weight excluding hydrogens is 242 g/mol. The second kappa shape index (κ2) is 6.02. The topological polar surface area (TPSA) is 28.2 Å². The molecule has 1 aliphatic carbocycles. The van der Waals surface area contributed by atoms with Gasteiger partial charge in [0.15, 0.2) is 5.13 Å². The first-order valence-electron chi connectivity index (χ1n) is 7.07. The standard InChI is InChI=1S/C14H25N3S/c1-5-15-10(2)13-11(3)16-14(18-13)17(4)12-8-6-7-9-12/h10,12,15H,5-9H2,1-4H3. The molecule has 1 N–H and O–H groups in total. The van der Waals surface area contributed by atoms with Gasteiger partial charge in [-0.05, 0) is 33.2 Å². The van der Waals surface area contributed by atoms with E-state index in [0.29, 0.717) is 12.1 Å². The molecule has 1 heterocycles. The average Bonchev–Trinajstić information content (AvgIpc) is 2.97. The van der Waals surface area contributed by atoms with Crippen LogP contribution in [0.1, 0.15) is 56.1 Å². The molecule has 1 atom stereocenters. The van der Waals surface area contributed by atoms with Crippen molar-refractivity contribution in [3.8, 4) is 0 Å². The highest BCUT2D eigenvalue weighted by atomic mass is 32.1. The number of rotatable bonds is 5. The van der Waals surface area contributed by atoms with Gasteiger partial charge in [-0.3, -0.25) is 0 Å². The normalized spacial score (nSPS) is 18.2. The number of anilines is 1. The summed E-state index contributed by atoms with van der Waals surface area (Å²) in [7, 11) is 2.20. The van der Waals surface area contributed by atoms with Crippen molar-refractivity contribution in [3.05, 3.63) is 10.6 Å². The van der Waals surface area contributed by atoms with Gasteiger partial charge >= 0.3 is 0 Å². The fraction of sp³-hybridized carbons (Fsp3) is 0.786. The van der Waals surface area contributed by atoms with Crippen molar-refractivity contribution < 1.29 is 0 Å². The molecule has 1 aromatic heterocycles. The third kappa shape index (κ3) is 2.86. The monoisotopic (exact) mass is 267 g/mol. The van der Waals surface area contributed by atoms with Crippen LogP contribution in [-0.4, -0.2) is 24.6 Å². The highest BCUT2D eigenvalue weighted by molar-refractivity contribution is 7.15. The molecule has 1 fully saturated rings. The summed E-state index contributed by atoms with van der Waals surface area (Å²) in [5, 5.41) is 4.67. The van der Waals surface area contributed by atoms with Crippen LogP contribution in [0.5, 0.6) is 0 Å². The van der Waals surface area contributed by atoms with Gasteiger partial charge in [0.25, 0.3) is 0 Å². The van der Waals surface area contributed by atoms with Crippen molar-refractivity contribution in [2.24, 2.45) is 0 Å². The van der Waals surface area contributed by atoms with E-state index in [9.17, 15) is 0 Å². The SMILES string of the molecule is CCNC(C)c1sc(N(C)C2CCCC2)nc1C.